The van der Waals surface area contributed by atoms with Gasteiger partial charge in [0.25, 0.3) is 0 Å². The molecule has 1 N–H and O–H groups in total. The maximum atomic E-state index is 12.8. The van der Waals surface area contributed by atoms with Gasteiger partial charge >= 0.3 is 24.8 Å². The molecule has 6 heteroatoms. The molecular formula is C25H44LiNO3S. The third-order valence-corrected chi connectivity index (χ3v) is 6.15. The molecule has 0 heterocycles. The summed E-state index contributed by atoms with van der Waals surface area (Å²) in [5.41, 5.74) is 0.608. The Bertz CT molecular complexity index is 627. The van der Waals surface area contributed by atoms with E-state index in [1.54, 1.807) is 0 Å². The second-order valence-electron chi connectivity index (χ2n) is 9.08. The first-order valence-electron chi connectivity index (χ1n) is 11.2. The fourth-order valence-corrected chi connectivity index (χ4v) is 3.97. The van der Waals surface area contributed by atoms with E-state index in [9.17, 15) is 9.00 Å². The number of aryl methyl sites for hydroxylation is 1. The van der Waals surface area contributed by atoms with Crippen LogP contribution in [0.15, 0.2) is 29.2 Å². The first kappa shape index (κ1) is 32.6. The van der Waals surface area contributed by atoms with Gasteiger partial charge in [0.1, 0.15) is 16.6 Å². The summed E-state index contributed by atoms with van der Waals surface area (Å²) in [7, 11) is -1.36. The fraction of sp³-hybridized carbons (Fsp3) is 0.680. The van der Waals surface area contributed by atoms with Gasteiger partial charge in [0.2, 0.25) is 0 Å². The number of carbonyl (C=O) groups is 1. The van der Waals surface area contributed by atoms with Gasteiger partial charge in [-0.1, -0.05) is 64.7 Å². The summed E-state index contributed by atoms with van der Waals surface area (Å²) in [6.07, 6.45) is 4.65. The van der Waals surface area contributed by atoms with Gasteiger partial charge < -0.3 is 11.7 Å². The summed E-state index contributed by atoms with van der Waals surface area (Å²) in [5.74, 6) is 0.373. The Kier molecular flexibility index (Phi) is 17.8. The Morgan fingerprint density at radius 3 is 2.06 bits per heavy atom. The summed E-state index contributed by atoms with van der Waals surface area (Å²) in [6, 6.07) is 7.42. The Balaban J connectivity index is 0. The molecule has 1 aromatic carbocycles. The fourth-order valence-electron chi connectivity index (χ4n) is 2.88. The minimum atomic E-state index is -1.36. The number of nitrogens with one attached hydrogen (secondary N) is 1. The minimum Gasteiger partial charge on any atom is -0.460 e. The van der Waals surface area contributed by atoms with Crippen LogP contribution in [0.3, 0.4) is 0 Å². The van der Waals surface area contributed by atoms with Gasteiger partial charge in [0, 0.05) is 6.04 Å². The molecule has 174 valence electrons. The first-order valence-corrected chi connectivity index (χ1v) is 12.4. The minimum absolute atomic E-state index is 0. The zero-order chi connectivity index (χ0) is 23.3. The zero-order valence-corrected chi connectivity index (χ0v) is 22.2. The van der Waals surface area contributed by atoms with Gasteiger partial charge in [0.15, 0.2) is 0 Å². The number of carbonyl (C=O) groups excluding carboxylic acids is 1. The van der Waals surface area contributed by atoms with E-state index in [1.165, 1.54) is 6.42 Å². The van der Waals surface area contributed by atoms with Crippen molar-refractivity contribution in [3.05, 3.63) is 36.8 Å². The molecule has 0 aromatic heterocycles. The van der Waals surface area contributed by atoms with Crippen molar-refractivity contribution in [3.63, 3.8) is 0 Å². The van der Waals surface area contributed by atoms with E-state index in [2.05, 4.69) is 39.3 Å². The molecule has 0 fully saturated rings. The molecule has 1 rings (SSSR count). The predicted octanol–water partition coefficient (Wildman–Crippen LogP) is 3.40. The van der Waals surface area contributed by atoms with Crippen LogP contribution < -0.4 is 23.6 Å². The van der Waals surface area contributed by atoms with Crippen LogP contribution in [0.2, 0.25) is 0 Å². The van der Waals surface area contributed by atoms with Gasteiger partial charge in [-0.15, -0.1) is 0 Å². The Hall–Kier alpha value is -0.603. The Morgan fingerprint density at radius 1 is 1.13 bits per heavy atom. The van der Waals surface area contributed by atoms with Crippen molar-refractivity contribution in [3.8, 4) is 0 Å². The van der Waals surface area contributed by atoms with E-state index in [-0.39, 0.29) is 43.2 Å². The molecule has 0 spiro atoms. The molecule has 0 radical (unpaired) electrons. The second kappa shape index (κ2) is 17.0. The topological polar surface area (TPSA) is 55.4 Å². The molecular weight excluding hydrogens is 401 g/mol. The average molecular weight is 446 g/mol. The SMILES string of the molecule is CCC[C@@H](C)[C@@H](C)C(CC(=O)OC(C)(C)C)NS(=O)c1ccc(C)cc1.[CH2-]CCC.[Li+]. The van der Waals surface area contributed by atoms with Gasteiger partial charge in [-0.05, 0) is 51.7 Å². The van der Waals surface area contributed by atoms with Crippen LogP contribution in [0.25, 0.3) is 0 Å². The van der Waals surface area contributed by atoms with E-state index in [0.29, 0.717) is 5.92 Å². The van der Waals surface area contributed by atoms with Gasteiger partial charge in [-0.3, -0.25) is 4.79 Å². The number of hydrogen-bond donors (Lipinski definition) is 1. The van der Waals surface area contributed by atoms with E-state index in [1.807, 2.05) is 52.0 Å². The van der Waals surface area contributed by atoms with Crippen molar-refractivity contribution >= 4 is 17.0 Å². The Morgan fingerprint density at radius 2 is 1.65 bits per heavy atom. The summed E-state index contributed by atoms with van der Waals surface area (Å²) < 4.78 is 21.4. The van der Waals surface area contributed by atoms with Crippen molar-refractivity contribution in [1.29, 1.82) is 0 Å². The molecule has 0 amide bonds. The number of rotatable bonds is 10. The van der Waals surface area contributed by atoms with Crippen molar-refractivity contribution < 1.29 is 32.6 Å². The first-order chi connectivity index (χ1) is 13.9. The van der Waals surface area contributed by atoms with E-state index in [0.717, 1.165) is 29.7 Å². The van der Waals surface area contributed by atoms with Crippen molar-refractivity contribution in [2.24, 2.45) is 11.8 Å². The summed E-state index contributed by atoms with van der Waals surface area (Å²) in [5, 5.41) is 0. The molecule has 0 saturated carbocycles. The summed E-state index contributed by atoms with van der Waals surface area (Å²) in [6.45, 7) is 19.8. The molecule has 0 aliphatic carbocycles. The zero-order valence-electron chi connectivity index (χ0n) is 21.4. The number of hydrogen-bond acceptors (Lipinski definition) is 3. The maximum Gasteiger partial charge on any atom is 1.00 e. The van der Waals surface area contributed by atoms with Crippen LogP contribution >= 0.6 is 0 Å². The molecule has 0 bridgehead atoms. The van der Waals surface area contributed by atoms with Crippen LogP contribution in [0.5, 0.6) is 0 Å². The normalized spacial score (nSPS) is 14.9. The number of unbranched alkanes of at least 4 members (excludes halogenated alkanes) is 1. The third-order valence-electron chi connectivity index (χ3n) is 4.93. The largest absolute Gasteiger partial charge is 1.00 e. The molecule has 1 aromatic rings. The van der Waals surface area contributed by atoms with Crippen LogP contribution in [-0.2, 0) is 20.5 Å². The van der Waals surface area contributed by atoms with Crippen molar-refractivity contribution in [2.75, 3.05) is 0 Å². The van der Waals surface area contributed by atoms with Crippen molar-refractivity contribution in [1.82, 2.24) is 4.72 Å². The van der Waals surface area contributed by atoms with Gasteiger partial charge in [-0.25, -0.2) is 8.93 Å². The summed E-state index contributed by atoms with van der Waals surface area (Å²) in [4.78, 5) is 13.1. The van der Waals surface area contributed by atoms with E-state index in [4.69, 9.17) is 4.74 Å². The predicted molar refractivity (Wildman–Crippen MR) is 128 cm³/mol. The molecule has 0 saturated heterocycles. The maximum absolute atomic E-state index is 12.8. The Labute approximate surface area is 206 Å². The molecule has 2 unspecified atom stereocenters. The molecule has 0 aliphatic heterocycles. The van der Waals surface area contributed by atoms with Gasteiger partial charge in [0.05, 0.1) is 11.3 Å². The van der Waals surface area contributed by atoms with Crippen molar-refractivity contribution in [2.45, 2.75) is 104 Å². The number of ether oxygens (including phenoxy) is 1. The van der Waals surface area contributed by atoms with E-state index < -0.39 is 16.6 Å². The number of benzene rings is 1. The van der Waals surface area contributed by atoms with Crippen LogP contribution in [-0.4, -0.2) is 21.8 Å². The number of esters is 1. The quantitative estimate of drug-likeness (QED) is 0.341. The monoisotopic (exact) mass is 445 g/mol. The van der Waals surface area contributed by atoms with Crippen LogP contribution in [0.1, 0.15) is 86.1 Å². The van der Waals surface area contributed by atoms with Crippen LogP contribution in [0, 0.1) is 25.7 Å². The van der Waals surface area contributed by atoms with E-state index >= 15 is 0 Å². The van der Waals surface area contributed by atoms with Crippen LogP contribution in [0.4, 0.5) is 0 Å². The smallest absolute Gasteiger partial charge is 0.460 e. The molecule has 4 nitrogen and oxygen atoms in total. The molecule has 4 atom stereocenters. The molecule has 0 aliphatic rings. The molecule has 31 heavy (non-hydrogen) atoms. The van der Waals surface area contributed by atoms with Gasteiger partial charge in [-0.2, -0.15) is 6.42 Å². The average Bonchev–Trinajstić information content (AvgIpc) is 2.66. The second-order valence-corrected chi connectivity index (χ2v) is 10.3. The summed E-state index contributed by atoms with van der Waals surface area (Å²) >= 11 is 0. The standard InChI is InChI=1S/C21H35NO3S.C4H9.Li/c1-8-9-16(3)17(4)19(14-20(23)25-21(5,6)7)22-26(24)18-12-10-15(2)11-13-18;1-3-4-2;/h10-13,16-17,19,22H,8-9,14H2,1-7H3;1,3-4H2,2H3;/q;-1;+1/t16-,17-,19?,26?;;/m1../s1. The third kappa shape index (κ3) is 15.0.